The third kappa shape index (κ3) is 4.01. The fourth-order valence-corrected chi connectivity index (χ4v) is 3.23. The minimum atomic E-state index is -0.433. The fraction of sp³-hybridized carbons (Fsp3) is 0.143. The Kier molecular flexibility index (Phi) is 5.07. The number of hydrogen-bond acceptors (Lipinski definition) is 5. The van der Waals surface area contributed by atoms with E-state index in [9.17, 15) is 14.9 Å². The monoisotopic (exact) mass is 390 g/mol. The van der Waals surface area contributed by atoms with Gasteiger partial charge in [0.25, 0.3) is 11.6 Å². The fourth-order valence-electron chi connectivity index (χ4n) is 3.23. The van der Waals surface area contributed by atoms with Crippen LogP contribution >= 0.6 is 0 Å². The third-order valence-electron chi connectivity index (χ3n) is 4.61. The van der Waals surface area contributed by atoms with E-state index in [-0.39, 0.29) is 11.6 Å². The van der Waals surface area contributed by atoms with Gasteiger partial charge < -0.3 is 14.3 Å². The van der Waals surface area contributed by atoms with Crippen molar-refractivity contribution < 1.29 is 14.1 Å². The Balaban J connectivity index is 1.55. The molecule has 0 aliphatic rings. The van der Waals surface area contributed by atoms with E-state index in [1.54, 1.807) is 41.3 Å². The van der Waals surface area contributed by atoms with Crippen molar-refractivity contribution in [2.75, 3.05) is 6.54 Å². The Morgan fingerprint density at radius 2 is 2.07 bits per heavy atom. The van der Waals surface area contributed by atoms with Crippen LogP contribution in [0.2, 0.25) is 0 Å². The molecule has 0 atom stereocenters. The number of pyridine rings is 1. The van der Waals surface area contributed by atoms with Gasteiger partial charge in [0.1, 0.15) is 5.69 Å². The number of carbonyl (C=O) groups is 1. The summed E-state index contributed by atoms with van der Waals surface area (Å²) in [6, 6.07) is 15.5. The summed E-state index contributed by atoms with van der Waals surface area (Å²) in [4.78, 5) is 27.6. The molecule has 4 aromatic rings. The second kappa shape index (κ2) is 7.97. The zero-order valence-electron chi connectivity index (χ0n) is 15.4. The summed E-state index contributed by atoms with van der Waals surface area (Å²) in [5, 5.41) is 14.0. The second-order valence-corrected chi connectivity index (χ2v) is 6.54. The predicted molar refractivity (Wildman–Crippen MR) is 107 cm³/mol. The summed E-state index contributed by atoms with van der Waals surface area (Å²) in [6.07, 6.45) is 3.89. The Labute approximate surface area is 165 Å². The van der Waals surface area contributed by atoms with E-state index < -0.39 is 4.92 Å². The van der Waals surface area contributed by atoms with Gasteiger partial charge >= 0.3 is 0 Å². The molecule has 4 rings (SSSR count). The lowest BCUT2D eigenvalue weighted by Crippen LogP contribution is -2.28. The maximum absolute atomic E-state index is 12.8. The predicted octanol–water partition coefficient (Wildman–Crippen LogP) is 3.56. The van der Waals surface area contributed by atoms with Crippen LogP contribution in [-0.4, -0.2) is 26.9 Å². The Morgan fingerprint density at radius 3 is 2.86 bits per heavy atom. The quantitative estimate of drug-likeness (QED) is 0.384. The number of non-ortho nitro benzene ring substituents is 1. The highest BCUT2D eigenvalue weighted by atomic mass is 16.6. The first-order chi connectivity index (χ1) is 14.1. The molecule has 3 heterocycles. The molecule has 0 aliphatic carbocycles. The van der Waals surface area contributed by atoms with Crippen LogP contribution < -0.4 is 5.32 Å². The zero-order valence-corrected chi connectivity index (χ0v) is 15.4. The van der Waals surface area contributed by atoms with Crippen molar-refractivity contribution in [3.8, 4) is 0 Å². The molecule has 1 amide bonds. The van der Waals surface area contributed by atoms with E-state index in [1.165, 1.54) is 12.1 Å². The molecule has 0 saturated heterocycles. The largest absolute Gasteiger partial charge is 0.463 e. The van der Waals surface area contributed by atoms with Crippen LogP contribution in [0.1, 0.15) is 21.7 Å². The van der Waals surface area contributed by atoms with Crippen LogP contribution in [0.3, 0.4) is 0 Å². The van der Waals surface area contributed by atoms with Crippen LogP contribution in [0.4, 0.5) is 5.69 Å². The normalized spacial score (nSPS) is 10.9. The second-order valence-electron chi connectivity index (χ2n) is 6.54. The number of fused-ring (bicyclic) bond motifs is 1. The minimum Gasteiger partial charge on any atom is -0.463 e. The molecule has 0 spiro atoms. The molecule has 146 valence electrons. The number of nitrogens with one attached hydrogen (secondary N) is 1. The van der Waals surface area contributed by atoms with Crippen molar-refractivity contribution in [2.45, 2.75) is 13.0 Å². The lowest BCUT2D eigenvalue weighted by molar-refractivity contribution is -0.384. The van der Waals surface area contributed by atoms with Gasteiger partial charge in [0.05, 0.1) is 16.7 Å². The van der Waals surface area contributed by atoms with Gasteiger partial charge in [-0.05, 0) is 17.7 Å². The molecule has 8 nitrogen and oxygen atoms in total. The van der Waals surface area contributed by atoms with Crippen molar-refractivity contribution in [2.24, 2.45) is 0 Å². The lowest BCUT2D eigenvalue weighted by Gasteiger charge is -2.11. The summed E-state index contributed by atoms with van der Waals surface area (Å²) in [5.41, 5.74) is 3.41. The molecule has 0 radical (unpaired) electrons. The van der Waals surface area contributed by atoms with Gasteiger partial charge in [-0.25, -0.2) is 0 Å². The summed E-state index contributed by atoms with van der Waals surface area (Å²) >= 11 is 0. The zero-order chi connectivity index (χ0) is 20.2. The third-order valence-corrected chi connectivity index (χ3v) is 4.61. The molecular weight excluding hydrogens is 372 g/mol. The number of rotatable bonds is 7. The summed E-state index contributed by atoms with van der Waals surface area (Å²) in [7, 11) is 0. The minimum absolute atomic E-state index is 0.0134. The van der Waals surface area contributed by atoms with Crippen molar-refractivity contribution in [1.82, 2.24) is 14.9 Å². The van der Waals surface area contributed by atoms with E-state index >= 15 is 0 Å². The number of benzene rings is 1. The Bertz CT molecular complexity index is 1160. The average Bonchev–Trinajstić information content (AvgIpc) is 3.32. The topological polar surface area (TPSA) is 103 Å². The van der Waals surface area contributed by atoms with Gasteiger partial charge in [-0.1, -0.05) is 18.2 Å². The summed E-state index contributed by atoms with van der Waals surface area (Å²) < 4.78 is 7.24. The van der Waals surface area contributed by atoms with Gasteiger partial charge in [-0.3, -0.25) is 19.9 Å². The van der Waals surface area contributed by atoms with Gasteiger partial charge in [0.2, 0.25) is 0 Å². The summed E-state index contributed by atoms with van der Waals surface area (Å²) in [5.74, 6) is -0.238. The first kappa shape index (κ1) is 18.4. The van der Waals surface area contributed by atoms with Gasteiger partial charge in [0.15, 0.2) is 5.58 Å². The molecule has 8 heteroatoms. The Morgan fingerprint density at radius 1 is 1.17 bits per heavy atom. The molecule has 0 aliphatic heterocycles. The van der Waals surface area contributed by atoms with Gasteiger partial charge in [-0.2, -0.15) is 0 Å². The molecule has 1 aromatic carbocycles. The van der Waals surface area contributed by atoms with Crippen molar-refractivity contribution in [3.63, 3.8) is 0 Å². The number of amides is 1. The van der Waals surface area contributed by atoms with Crippen LogP contribution in [-0.2, 0) is 13.0 Å². The van der Waals surface area contributed by atoms with E-state index in [0.717, 1.165) is 16.8 Å². The SMILES string of the molecule is O=C(NCCc1ccccn1)c1cc2occc2n1Cc1cccc([N+](=O)[O-])c1. The maximum Gasteiger partial charge on any atom is 0.269 e. The highest BCUT2D eigenvalue weighted by Crippen LogP contribution is 2.23. The molecule has 0 fully saturated rings. The summed E-state index contributed by atoms with van der Waals surface area (Å²) in [6.45, 7) is 0.757. The standard InChI is InChI=1S/C21H18N4O4/c26-21(23-10-7-16-5-1-2-9-22-16)19-13-20-18(8-11-29-20)24(19)14-15-4-3-6-17(12-15)25(27)28/h1-6,8-9,11-13H,7,10,14H2,(H,23,26). The van der Waals surface area contributed by atoms with Crippen LogP contribution in [0, 0.1) is 10.1 Å². The van der Waals surface area contributed by atoms with Crippen molar-refractivity contribution in [1.29, 1.82) is 0 Å². The number of aromatic nitrogens is 2. The number of nitro benzene ring substituents is 1. The number of nitro groups is 1. The van der Waals surface area contributed by atoms with Crippen LogP contribution in [0.15, 0.2) is 71.5 Å². The lowest BCUT2D eigenvalue weighted by atomic mass is 10.2. The van der Waals surface area contributed by atoms with Crippen molar-refractivity contribution in [3.05, 3.63) is 94.1 Å². The number of carbonyl (C=O) groups excluding carboxylic acids is 1. The maximum atomic E-state index is 12.8. The number of nitrogens with zero attached hydrogens (tertiary/aromatic N) is 3. The number of furan rings is 1. The number of hydrogen-bond donors (Lipinski definition) is 1. The van der Waals surface area contributed by atoms with E-state index in [1.807, 2.05) is 18.2 Å². The molecule has 29 heavy (non-hydrogen) atoms. The molecule has 0 saturated carbocycles. The van der Waals surface area contributed by atoms with Gasteiger partial charge in [-0.15, -0.1) is 0 Å². The van der Waals surface area contributed by atoms with Crippen LogP contribution in [0.5, 0.6) is 0 Å². The first-order valence-electron chi connectivity index (χ1n) is 9.10. The van der Waals surface area contributed by atoms with Gasteiger partial charge in [0, 0.05) is 55.7 Å². The van der Waals surface area contributed by atoms with Crippen molar-refractivity contribution >= 4 is 22.7 Å². The first-order valence-corrected chi connectivity index (χ1v) is 9.10. The highest BCUT2D eigenvalue weighted by molar-refractivity contribution is 5.97. The van der Waals surface area contributed by atoms with E-state index in [0.29, 0.717) is 30.8 Å². The smallest absolute Gasteiger partial charge is 0.269 e. The molecule has 1 N–H and O–H groups in total. The van der Waals surface area contributed by atoms with E-state index in [2.05, 4.69) is 10.3 Å². The van der Waals surface area contributed by atoms with Crippen LogP contribution in [0.25, 0.3) is 11.1 Å². The molecule has 3 aromatic heterocycles. The molecular formula is C21H18N4O4. The average molecular weight is 390 g/mol. The highest BCUT2D eigenvalue weighted by Gasteiger charge is 2.18. The van der Waals surface area contributed by atoms with E-state index in [4.69, 9.17) is 4.42 Å². The Hall–Kier alpha value is -3.94. The molecule has 0 unspecified atom stereocenters. The molecule has 0 bridgehead atoms.